The summed E-state index contributed by atoms with van der Waals surface area (Å²) in [5, 5.41) is 0. The molecule has 5 nitrogen and oxygen atoms in total. The van der Waals surface area contributed by atoms with E-state index in [2.05, 4.69) is 10.5 Å². The van der Waals surface area contributed by atoms with Crippen molar-refractivity contribution in [3.8, 4) is 0 Å². The van der Waals surface area contributed by atoms with E-state index in [1.54, 1.807) is 31.2 Å². The third-order valence-electron chi connectivity index (χ3n) is 2.97. The molecular weight excluding hydrogens is 258 g/mol. The maximum Gasteiger partial charge on any atom is 0.338 e. The Bertz CT molecular complexity index is 606. The largest absolute Gasteiger partial charge is 0.465 e. The fourth-order valence-corrected chi connectivity index (χ4v) is 1.97. The second-order valence-electron chi connectivity index (χ2n) is 4.27. The molecule has 0 radical (unpaired) electrons. The molecule has 0 aromatic heterocycles. The van der Waals surface area contributed by atoms with Gasteiger partial charge in [0.05, 0.1) is 30.4 Å². The molecular formula is C15H13NO4. The molecule has 0 aliphatic carbocycles. The number of esters is 1. The van der Waals surface area contributed by atoms with Crippen LogP contribution >= 0.6 is 0 Å². The fraction of sp³-hybridized carbons (Fsp3) is 0.200. The summed E-state index contributed by atoms with van der Waals surface area (Å²) in [4.78, 5) is 36.4. The number of carbonyl (C=O) groups excluding carboxylic acids is 3. The summed E-state index contributed by atoms with van der Waals surface area (Å²) in [6.07, 6.45) is 2.58. The molecule has 0 N–H and O–H groups in total. The van der Waals surface area contributed by atoms with Crippen LogP contribution in [0, 0.1) is 0 Å². The molecule has 102 valence electrons. The highest BCUT2D eigenvalue weighted by atomic mass is 16.5. The summed E-state index contributed by atoms with van der Waals surface area (Å²) < 4.78 is 4.43. The minimum atomic E-state index is -0.546. The van der Waals surface area contributed by atoms with Crippen LogP contribution in [0.3, 0.4) is 0 Å². The van der Waals surface area contributed by atoms with Crippen molar-refractivity contribution < 1.29 is 19.1 Å². The molecule has 0 bridgehead atoms. The van der Waals surface area contributed by atoms with Crippen LogP contribution in [-0.4, -0.2) is 35.8 Å². The van der Waals surface area contributed by atoms with Gasteiger partial charge in [-0.25, -0.2) is 4.79 Å². The van der Waals surface area contributed by atoms with Crippen LogP contribution < -0.4 is 0 Å². The third kappa shape index (κ3) is 2.39. The predicted molar refractivity (Wildman–Crippen MR) is 71.1 cm³/mol. The van der Waals surface area contributed by atoms with E-state index in [1.165, 1.54) is 13.2 Å². The lowest BCUT2D eigenvalue weighted by Gasteiger charge is -2.18. The van der Waals surface area contributed by atoms with E-state index < -0.39 is 12.0 Å². The highest BCUT2D eigenvalue weighted by Crippen LogP contribution is 2.24. The number of hydrogen-bond acceptors (Lipinski definition) is 4. The molecule has 1 aliphatic rings. The Balaban J connectivity index is 2.24. The number of nitrogens with zero attached hydrogens (tertiary/aromatic N) is 1. The van der Waals surface area contributed by atoms with E-state index in [9.17, 15) is 14.4 Å². The van der Waals surface area contributed by atoms with Crippen LogP contribution in [0.2, 0.25) is 0 Å². The summed E-state index contributed by atoms with van der Waals surface area (Å²) >= 11 is 0. The normalized spacial score (nSPS) is 14.4. The molecule has 1 unspecified atom stereocenters. The van der Waals surface area contributed by atoms with Crippen LogP contribution in [0.15, 0.2) is 42.1 Å². The van der Waals surface area contributed by atoms with Crippen molar-refractivity contribution in [2.24, 2.45) is 0 Å². The lowest BCUT2D eigenvalue weighted by Crippen LogP contribution is -2.36. The number of imide groups is 1. The van der Waals surface area contributed by atoms with Gasteiger partial charge in [0.25, 0.3) is 11.8 Å². The average Bonchev–Trinajstić information content (AvgIpc) is 2.71. The molecule has 2 amide bonds. The first-order chi connectivity index (χ1) is 9.56. The van der Waals surface area contributed by atoms with E-state index in [-0.39, 0.29) is 11.8 Å². The monoisotopic (exact) mass is 271 g/mol. The van der Waals surface area contributed by atoms with E-state index in [0.717, 1.165) is 11.0 Å². The fourth-order valence-electron chi connectivity index (χ4n) is 1.97. The summed E-state index contributed by atoms with van der Waals surface area (Å²) in [5.74, 6) is -1.22. The maximum absolute atomic E-state index is 12.2. The quantitative estimate of drug-likeness (QED) is 0.362. The van der Waals surface area contributed by atoms with Crippen molar-refractivity contribution in [1.29, 1.82) is 0 Å². The molecule has 1 aliphatic heterocycles. The van der Waals surface area contributed by atoms with Crippen molar-refractivity contribution in [2.45, 2.75) is 13.0 Å². The standard InChI is InChI=1S/C15H13NO4/c1-10(6-5-9-13(17)20-2)16-14(18)11-7-3-4-8-12(11)15(16)19/h3-4,6-10H,1-2H3. The van der Waals surface area contributed by atoms with Gasteiger partial charge in [-0.05, 0) is 25.1 Å². The van der Waals surface area contributed by atoms with Gasteiger partial charge in [0, 0.05) is 0 Å². The minimum absolute atomic E-state index is 0.339. The Morgan fingerprint density at radius 1 is 1.25 bits per heavy atom. The second kappa shape index (κ2) is 5.55. The van der Waals surface area contributed by atoms with Gasteiger partial charge in [-0.15, -0.1) is 5.73 Å². The molecule has 5 heteroatoms. The Morgan fingerprint density at radius 2 is 1.80 bits per heavy atom. The Morgan fingerprint density at radius 3 is 2.30 bits per heavy atom. The van der Waals surface area contributed by atoms with Crippen molar-refractivity contribution >= 4 is 17.8 Å². The molecule has 1 heterocycles. The molecule has 1 aromatic carbocycles. The van der Waals surface area contributed by atoms with Crippen LogP contribution in [-0.2, 0) is 9.53 Å². The van der Waals surface area contributed by atoms with Gasteiger partial charge in [0.2, 0.25) is 0 Å². The Labute approximate surface area is 116 Å². The highest BCUT2D eigenvalue weighted by molar-refractivity contribution is 6.21. The zero-order valence-electron chi connectivity index (χ0n) is 11.1. The Kier molecular flexibility index (Phi) is 3.82. The van der Waals surface area contributed by atoms with Crippen molar-refractivity contribution in [3.63, 3.8) is 0 Å². The van der Waals surface area contributed by atoms with Gasteiger partial charge in [-0.3, -0.25) is 14.5 Å². The first-order valence-corrected chi connectivity index (χ1v) is 6.03. The van der Waals surface area contributed by atoms with Crippen LogP contribution in [0.5, 0.6) is 0 Å². The van der Waals surface area contributed by atoms with Crippen LogP contribution in [0.4, 0.5) is 0 Å². The van der Waals surface area contributed by atoms with Gasteiger partial charge in [0.15, 0.2) is 0 Å². The van der Waals surface area contributed by atoms with E-state index >= 15 is 0 Å². The lowest BCUT2D eigenvalue weighted by atomic mass is 10.1. The number of ether oxygens (including phenoxy) is 1. The smallest absolute Gasteiger partial charge is 0.338 e. The molecule has 0 spiro atoms. The lowest BCUT2D eigenvalue weighted by molar-refractivity contribution is -0.134. The van der Waals surface area contributed by atoms with Gasteiger partial charge < -0.3 is 4.74 Å². The predicted octanol–water partition coefficient (Wildman–Crippen LogP) is 1.56. The minimum Gasteiger partial charge on any atom is -0.465 e. The molecule has 2 rings (SSSR count). The summed E-state index contributed by atoms with van der Waals surface area (Å²) in [6, 6.07) is 6.17. The van der Waals surface area contributed by atoms with E-state index in [0.29, 0.717) is 11.1 Å². The second-order valence-corrected chi connectivity index (χ2v) is 4.27. The van der Waals surface area contributed by atoms with Crippen molar-refractivity contribution in [2.75, 3.05) is 7.11 Å². The molecule has 0 saturated heterocycles. The number of hydrogen-bond donors (Lipinski definition) is 0. The molecule has 1 atom stereocenters. The maximum atomic E-state index is 12.2. The van der Waals surface area contributed by atoms with Crippen LogP contribution in [0.1, 0.15) is 27.6 Å². The number of fused-ring (bicyclic) bond motifs is 1. The summed E-state index contributed by atoms with van der Waals surface area (Å²) in [7, 11) is 1.26. The SMILES string of the molecule is COC(=O)C=C=CC(C)N1C(=O)c2ccccc2C1=O. The Hall–Kier alpha value is -2.65. The number of amides is 2. The zero-order chi connectivity index (χ0) is 14.7. The van der Waals surface area contributed by atoms with Gasteiger partial charge in [-0.1, -0.05) is 12.1 Å². The summed E-state index contributed by atoms with van der Waals surface area (Å²) in [6.45, 7) is 1.68. The first kappa shape index (κ1) is 13.8. The molecule has 0 fully saturated rings. The van der Waals surface area contributed by atoms with Crippen LogP contribution in [0.25, 0.3) is 0 Å². The first-order valence-electron chi connectivity index (χ1n) is 6.03. The van der Waals surface area contributed by atoms with Gasteiger partial charge >= 0.3 is 5.97 Å². The molecule has 1 aromatic rings. The molecule has 20 heavy (non-hydrogen) atoms. The summed E-state index contributed by atoms with van der Waals surface area (Å²) in [5.41, 5.74) is 3.41. The van der Waals surface area contributed by atoms with Gasteiger partial charge in [0.1, 0.15) is 0 Å². The zero-order valence-corrected chi connectivity index (χ0v) is 11.1. The topological polar surface area (TPSA) is 63.7 Å². The van der Waals surface area contributed by atoms with Gasteiger partial charge in [-0.2, -0.15) is 0 Å². The van der Waals surface area contributed by atoms with Crippen molar-refractivity contribution in [1.82, 2.24) is 4.90 Å². The van der Waals surface area contributed by atoms with E-state index in [1.807, 2.05) is 0 Å². The average molecular weight is 271 g/mol. The highest BCUT2D eigenvalue weighted by Gasteiger charge is 2.37. The molecule has 0 saturated carbocycles. The number of rotatable bonds is 3. The van der Waals surface area contributed by atoms with E-state index in [4.69, 9.17) is 0 Å². The third-order valence-corrected chi connectivity index (χ3v) is 2.97. The number of carbonyl (C=O) groups is 3. The number of benzene rings is 1. The van der Waals surface area contributed by atoms with Crippen molar-refractivity contribution in [3.05, 3.63) is 53.3 Å². The number of methoxy groups -OCH3 is 1.